The van der Waals surface area contributed by atoms with Crippen LogP contribution in [0.5, 0.6) is 17.2 Å². The van der Waals surface area contributed by atoms with Crippen LogP contribution in [-0.2, 0) is 21.8 Å². The van der Waals surface area contributed by atoms with Crippen molar-refractivity contribution in [3.05, 3.63) is 93.5 Å². The summed E-state index contributed by atoms with van der Waals surface area (Å²) in [7, 11) is 0. The number of rotatable bonds is 13. The number of hydrogen-bond acceptors (Lipinski definition) is 10. The molecule has 0 unspecified atom stereocenters. The number of thioether (sulfide) groups is 1. The first-order valence-corrected chi connectivity index (χ1v) is 18.2. The molecule has 0 bridgehead atoms. The Balaban J connectivity index is 1.39. The number of carbonyl (C=O) groups excluding carboxylic acids is 2. The lowest BCUT2D eigenvalue weighted by Gasteiger charge is -2.23. The third kappa shape index (κ3) is 7.18. The number of aliphatic hydroxyl groups excluding tert-OH is 1. The Bertz CT molecular complexity index is 1840. The van der Waals surface area contributed by atoms with Crippen LogP contribution in [0.15, 0.2) is 70.6 Å². The van der Waals surface area contributed by atoms with Crippen molar-refractivity contribution < 1.29 is 28.9 Å². The molecule has 1 amide bonds. The smallest absolute Gasteiger partial charge is 0.301 e. The van der Waals surface area contributed by atoms with Gasteiger partial charge in [-0.3, -0.25) is 14.5 Å². The summed E-state index contributed by atoms with van der Waals surface area (Å²) in [6, 6.07) is 17.2. The van der Waals surface area contributed by atoms with Crippen molar-refractivity contribution in [3.63, 3.8) is 0 Å². The summed E-state index contributed by atoms with van der Waals surface area (Å²) >= 11 is 8.71. The number of aromatic nitrogens is 2. The average molecular weight is 706 g/mol. The van der Waals surface area contributed by atoms with E-state index in [-0.39, 0.29) is 22.6 Å². The molecule has 48 heavy (non-hydrogen) atoms. The number of nitrogens with zero attached hydrogens (tertiary/aromatic N) is 3. The van der Waals surface area contributed by atoms with Crippen molar-refractivity contribution in [1.82, 2.24) is 10.2 Å². The highest BCUT2D eigenvalue weighted by molar-refractivity contribution is 8.00. The first-order valence-electron chi connectivity index (χ1n) is 16.0. The van der Waals surface area contributed by atoms with Crippen molar-refractivity contribution >= 4 is 57.3 Å². The number of halogens is 1. The van der Waals surface area contributed by atoms with Gasteiger partial charge in [0.15, 0.2) is 15.8 Å². The van der Waals surface area contributed by atoms with E-state index in [2.05, 4.69) is 17.1 Å². The van der Waals surface area contributed by atoms with Crippen LogP contribution in [0.1, 0.15) is 68.3 Å². The number of ketones is 1. The van der Waals surface area contributed by atoms with Crippen LogP contribution in [0.3, 0.4) is 0 Å². The lowest BCUT2D eigenvalue weighted by molar-refractivity contribution is -0.132. The molecule has 250 valence electrons. The molecule has 3 aromatic carbocycles. The maximum Gasteiger partial charge on any atom is 0.301 e. The number of hydrogen-bond donors (Lipinski definition) is 1. The molecule has 2 aliphatic heterocycles. The Morgan fingerprint density at radius 2 is 1.85 bits per heavy atom. The Morgan fingerprint density at radius 1 is 1.04 bits per heavy atom. The number of benzene rings is 3. The van der Waals surface area contributed by atoms with Gasteiger partial charge in [-0.1, -0.05) is 72.7 Å². The van der Waals surface area contributed by atoms with Crippen molar-refractivity contribution in [2.45, 2.75) is 68.7 Å². The second kappa shape index (κ2) is 15.0. The van der Waals surface area contributed by atoms with E-state index in [4.69, 9.17) is 25.8 Å². The largest absolute Gasteiger partial charge is 0.507 e. The summed E-state index contributed by atoms with van der Waals surface area (Å²) in [6.07, 6.45) is 3.71. The fourth-order valence-electron chi connectivity index (χ4n) is 5.77. The van der Waals surface area contributed by atoms with Crippen LogP contribution in [0.25, 0.3) is 5.76 Å². The predicted octanol–water partition coefficient (Wildman–Crippen LogP) is 8.40. The van der Waals surface area contributed by atoms with Gasteiger partial charge in [-0.2, -0.15) is 0 Å². The lowest BCUT2D eigenvalue weighted by atomic mass is 9.94. The normalized spacial score (nSPS) is 18.2. The minimum absolute atomic E-state index is 0.00632. The maximum atomic E-state index is 13.8. The fraction of sp³-hybridized carbons (Fsp3) is 0.333. The first-order chi connectivity index (χ1) is 23.3. The molecular formula is C36H36ClN3O6S2. The zero-order valence-corrected chi connectivity index (χ0v) is 29.3. The molecule has 1 N–H and O–H groups in total. The molecule has 1 saturated heterocycles. The Hall–Kier alpha value is -4.06. The van der Waals surface area contributed by atoms with E-state index in [1.165, 1.54) is 28.0 Å². The maximum absolute atomic E-state index is 13.8. The van der Waals surface area contributed by atoms with Crippen LogP contribution in [0.2, 0.25) is 5.02 Å². The van der Waals surface area contributed by atoms with E-state index >= 15 is 0 Å². The second-order valence-electron chi connectivity index (χ2n) is 11.6. The van der Waals surface area contributed by atoms with Crippen molar-refractivity contribution in [3.8, 4) is 17.2 Å². The van der Waals surface area contributed by atoms with Gasteiger partial charge in [0.1, 0.15) is 17.6 Å². The number of unbranched alkanes of at least 4 members (excludes halogenated alkanes) is 2. The molecule has 0 spiro atoms. The van der Waals surface area contributed by atoms with Gasteiger partial charge in [0.2, 0.25) is 5.13 Å². The van der Waals surface area contributed by atoms with Gasteiger partial charge in [-0.25, -0.2) is 0 Å². The quantitative estimate of drug-likeness (QED) is 0.0366. The summed E-state index contributed by atoms with van der Waals surface area (Å²) in [5.74, 6) is 0.517. The SMILES string of the molecule is CCCCCOc1ccc([C@@H]2/C(=C(\O)c3ccc4c(c3)C[C@@H](C)O4)C(=O)C(=O)N2c2nnc(SCc3ccc(Cl)cc3)s2)cc1OCC. The van der Waals surface area contributed by atoms with E-state index < -0.39 is 17.7 Å². The molecule has 0 radical (unpaired) electrons. The van der Waals surface area contributed by atoms with Gasteiger partial charge in [-0.05, 0) is 79.4 Å². The predicted molar refractivity (Wildman–Crippen MR) is 189 cm³/mol. The number of carbonyl (C=O) groups is 2. The third-order valence-corrected chi connectivity index (χ3v) is 10.5. The Morgan fingerprint density at radius 3 is 2.62 bits per heavy atom. The van der Waals surface area contributed by atoms with Crippen molar-refractivity contribution in [1.29, 1.82) is 0 Å². The zero-order chi connectivity index (χ0) is 33.8. The molecule has 1 fully saturated rings. The number of aliphatic hydroxyl groups is 1. The van der Waals surface area contributed by atoms with E-state index in [1.54, 1.807) is 30.3 Å². The summed E-state index contributed by atoms with van der Waals surface area (Å²) in [4.78, 5) is 29.0. The van der Waals surface area contributed by atoms with Crippen LogP contribution < -0.4 is 19.1 Å². The van der Waals surface area contributed by atoms with Crippen LogP contribution in [0.4, 0.5) is 5.13 Å². The van der Waals surface area contributed by atoms with E-state index in [0.717, 1.165) is 36.1 Å². The molecule has 12 heteroatoms. The fourth-order valence-corrected chi connectivity index (χ4v) is 7.72. The molecule has 0 aliphatic carbocycles. The highest BCUT2D eigenvalue weighted by Crippen LogP contribution is 2.46. The molecule has 0 saturated carbocycles. The number of ether oxygens (including phenoxy) is 3. The molecule has 3 heterocycles. The van der Waals surface area contributed by atoms with Gasteiger partial charge in [0.25, 0.3) is 5.78 Å². The topological polar surface area (TPSA) is 111 Å². The summed E-state index contributed by atoms with van der Waals surface area (Å²) < 4.78 is 18.5. The standard InChI is InChI=1S/C36H36ClN3O6S2/c1-4-6-7-16-45-28-15-10-23(19-29(28)44-5-2)31-30(32(41)24-11-14-27-25(18-24)17-21(3)46-27)33(42)34(43)40(31)35-38-39-36(48-35)47-20-22-8-12-26(37)13-9-22/h8-15,18-19,21,31,41H,4-7,16-17,20H2,1-3H3/b32-30+/t21-,31-/m1/s1. The van der Waals surface area contributed by atoms with Crippen LogP contribution in [-0.4, -0.2) is 46.3 Å². The summed E-state index contributed by atoms with van der Waals surface area (Å²) in [5.41, 5.74) is 2.91. The van der Waals surface area contributed by atoms with Gasteiger partial charge in [0.05, 0.1) is 24.8 Å². The first kappa shape index (κ1) is 33.8. The molecule has 9 nitrogen and oxygen atoms in total. The highest BCUT2D eigenvalue weighted by Gasteiger charge is 2.48. The number of Topliss-reactive ketones (excluding diaryl/α,β-unsaturated/α-hetero) is 1. The number of amides is 1. The van der Waals surface area contributed by atoms with Crippen LogP contribution in [0, 0.1) is 0 Å². The van der Waals surface area contributed by atoms with E-state index in [0.29, 0.717) is 57.4 Å². The zero-order valence-electron chi connectivity index (χ0n) is 26.9. The lowest BCUT2D eigenvalue weighted by Crippen LogP contribution is -2.29. The van der Waals surface area contributed by atoms with Crippen LogP contribution >= 0.6 is 34.7 Å². The van der Waals surface area contributed by atoms with Gasteiger partial charge in [0, 0.05) is 22.8 Å². The Kier molecular flexibility index (Phi) is 10.6. The van der Waals surface area contributed by atoms with Crippen molar-refractivity contribution in [2.75, 3.05) is 18.1 Å². The van der Waals surface area contributed by atoms with E-state index in [9.17, 15) is 14.7 Å². The summed E-state index contributed by atoms with van der Waals surface area (Å²) in [5, 5.41) is 21.3. The molecular weight excluding hydrogens is 670 g/mol. The minimum Gasteiger partial charge on any atom is -0.507 e. The molecule has 4 aromatic rings. The van der Waals surface area contributed by atoms with Gasteiger partial charge in [-0.15, -0.1) is 10.2 Å². The average Bonchev–Trinajstić information content (AvgIpc) is 3.77. The monoisotopic (exact) mass is 705 g/mol. The molecule has 2 aliphatic rings. The molecule has 2 atom stereocenters. The number of anilines is 1. The Labute approximate surface area is 292 Å². The van der Waals surface area contributed by atoms with Crippen molar-refractivity contribution in [2.24, 2.45) is 0 Å². The third-order valence-electron chi connectivity index (χ3n) is 8.08. The minimum atomic E-state index is -0.996. The second-order valence-corrected chi connectivity index (χ2v) is 14.2. The molecule has 6 rings (SSSR count). The van der Waals surface area contributed by atoms with Gasteiger partial charge < -0.3 is 19.3 Å². The molecule has 1 aromatic heterocycles. The van der Waals surface area contributed by atoms with E-state index in [1.807, 2.05) is 44.2 Å². The van der Waals surface area contributed by atoms with Gasteiger partial charge >= 0.3 is 5.91 Å². The number of fused-ring (bicyclic) bond motifs is 1. The summed E-state index contributed by atoms with van der Waals surface area (Å²) in [6.45, 7) is 6.90. The highest BCUT2D eigenvalue weighted by atomic mass is 35.5.